The van der Waals surface area contributed by atoms with Gasteiger partial charge in [-0.05, 0) is 24.0 Å². The van der Waals surface area contributed by atoms with Crippen LogP contribution in [0.15, 0.2) is 18.3 Å². The molecule has 0 aliphatic rings. The van der Waals surface area contributed by atoms with Crippen LogP contribution in [0.3, 0.4) is 0 Å². The first-order valence-electron chi connectivity index (χ1n) is 5.96. The van der Waals surface area contributed by atoms with Gasteiger partial charge in [-0.2, -0.15) is 0 Å². The monoisotopic (exact) mass is 235 g/mol. The molecule has 0 fully saturated rings. The normalized spacial score (nSPS) is 12.3. The molecule has 1 amide bonds. The maximum atomic E-state index is 11.8. The molecule has 0 aromatic carbocycles. The fraction of sp³-hybridized carbons (Fsp3) is 0.538. The van der Waals surface area contributed by atoms with Gasteiger partial charge < -0.3 is 10.6 Å². The summed E-state index contributed by atoms with van der Waals surface area (Å²) in [5.74, 6) is 0.910. The van der Waals surface area contributed by atoms with E-state index in [-0.39, 0.29) is 5.91 Å². The van der Waals surface area contributed by atoms with Crippen molar-refractivity contribution >= 4 is 11.6 Å². The van der Waals surface area contributed by atoms with Crippen LogP contribution in [-0.4, -0.2) is 24.5 Å². The molecule has 1 aromatic rings. The highest BCUT2D eigenvalue weighted by molar-refractivity contribution is 5.93. The summed E-state index contributed by atoms with van der Waals surface area (Å²) in [5, 5.41) is 5.89. The predicted octanol–water partition coefficient (Wildman–Crippen LogP) is 2.15. The van der Waals surface area contributed by atoms with E-state index < -0.39 is 0 Å². The van der Waals surface area contributed by atoms with E-state index in [1.54, 1.807) is 12.3 Å². The minimum Gasteiger partial charge on any atom is -0.388 e. The molecule has 0 aliphatic carbocycles. The van der Waals surface area contributed by atoms with Crippen LogP contribution in [0.1, 0.15) is 31.3 Å². The van der Waals surface area contributed by atoms with Gasteiger partial charge in [-0.3, -0.25) is 9.78 Å². The van der Waals surface area contributed by atoms with Gasteiger partial charge in [0.25, 0.3) is 5.91 Å². The lowest BCUT2D eigenvalue weighted by atomic mass is 9.98. The molecule has 1 unspecified atom stereocenters. The predicted molar refractivity (Wildman–Crippen MR) is 70.1 cm³/mol. The van der Waals surface area contributed by atoms with Gasteiger partial charge >= 0.3 is 0 Å². The molecule has 1 rings (SSSR count). The van der Waals surface area contributed by atoms with Crippen molar-refractivity contribution in [2.24, 2.45) is 11.8 Å². The zero-order valence-electron chi connectivity index (χ0n) is 10.9. The first kappa shape index (κ1) is 13.5. The molecule has 1 heterocycles. The van der Waals surface area contributed by atoms with E-state index in [9.17, 15) is 4.79 Å². The highest BCUT2D eigenvalue weighted by Gasteiger charge is 2.11. The van der Waals surface area contributed by atoms with Crippen molar-refractivity contribution in [1.29, 1.82) is 0 Å². The molecule has 0 radical (unpaired) electrons. The first-order valence-corrected chi connectivity index (χ1v) is 5.96. The second-order valence-electron chi connectivity index (χ2n) is 4.61. The molecule has 4 heteroatoms. The van der Waals surface area contributed by atoms with Gasteiger partial charge in [0.05, 0.1) is 0 Å². The average molecular weight is 235 g/mol. The largest absolute Gasteiger partial charge is 0.388 e. The van der Waals surface area contributed by atoms with Gasteiger partial charge in [0.15, 0.2) is 0 Å². The molecule has 2 N–H and O–H groups in total. The molecule has 0 aliphatic heterocycles. The summed E-state index contributed by atoms with van der Waals surface area (Å²) in [4.78, 5) is 15.9. The Labute approximate surface area is 103 Å². The summed E-state index contributed by atoms with van der Waals surface area (Å²) in [5.41, 5.74) is 1.34. The molecule has 1 aromatic heterocycles. The van der Waals surface area contributed by atoms with Crippen LogP contribution in [0.5, 0.6) is 0 Å². The van der Waals surface area contributed by atoms with Crippen LogP contribution in [0, 0.1) is 11.8 Å². The summed E-state index contributed by atoms with van der Waals surface area (Å²) in [7, 11) is 1.82. The minimum absolute atomic E-state index is 0.116. The van der Waals surface area contributed by atoms with Crippen molar-refractivity contribution in [2.45, 2.75) is 20.8 Å². The molecule has 0 spiro atoms. The Balaban J connectivity index is 2.57. The van der Waals surface area contributed by atoms with Gasteiger partial charge in [0.2, 0.25) is 0 Å². The zero-order chi connectivity index (χ0) is 12.8. The van der Waals surface area contributed by atoms with Crippen LogP contribution < -0.4 is 10.6 Å². The van der Waals surface area contributed by atoms with E-state index in [4.69, 9.17) is 0 Å². The lowest BCUT2D eigenvalue weighted by molar-refractivity contribution is 0.0940. The Bertz CT molecular complexity index is 377. The topological polar surface area (TPSA) is 54.0 Å². The number of carbonyl (C=O) groups is 1. The third kappa shape index (κ3) is 4.06. The molecular formula is C13H21N3O. The quantitative estimate of drug-likeness (QED) is 0.822. The Morgan fingerprint density at radius 2 is 2.12 bits per heavy atom. The fourth-order valence-electron chi connectivity index (χ4n) is 1.29. The standard InChI is InChI=1S/C13H21N3O/c1-9(2)10(3)8-16-13(17)12-7-11(14-4)5-6-15-12/h5-7,9-10H,8H2,1-4H3,(H,14,15)(H,16,17). The van der Waals surface area contributed by atoms with Gasteiger partial charge in [0.1, 0.15) is 5.69 Å². The third-order valence-corrected chi connectivity index (χ3v) is 3.00. The number of anilines is 1. The summed E-state index contributed by atoms with van der Waals surface area (Å²) in [6.45, 7) is 7.11. The van der Waals surface area contributed by atoms with Gasteiger partial charge in [-0.15, -0.1) is 0 Å². The number of hydrogen-bond donors (Lipinski definition) is 2. The second-order valence-corrected chi connectivity index (χ2v) is 4.61. The number of carbonyl (C=O) groups excluding carboxylic acids is 1. The van der Waals surface area contributed by atoms with Crippen LogP contribution >= 0.6 is 0 Å². The lowest BCUT2D eigenvalue weighted by Gasteiger charge is -2.15. The molecule has 1 atom stereocenters. The highest BCUT2D eigenvalue weighted by atomic mass is 16.1. The Morgan fingerprint density at radius 1 is 1.41 bits per heavy atom. The smallest absolute Gasteiger partial charge is 0.269 e. The molecule has 0 bridgehead atoms. The van der Waals surface area contributed by atoms with E-state index in [1.165, 1.54) is 0 Å². The summed E-state index contributed by atoms with van der Waals surface area (Å²) < 4.78 is 0. The highest BCUT2D eigenvalue weighted by Crippen LogP contribution is 2.09. The Morgan fingerprint density at radius 3 is 2.71 bits per heavy atom. The SMILES string of the molecule is CNc1ccnc(C(=O)NCC(C)C(C)C)c1. The van der Waals surface area contributed by atoms with E-state index >= 15 is 0 Å². The van der Waals surface area contributed by atoms with Crippen LogP contribution in [-0.2, 0) is 0 Å². The van der Waals surface area contributed by atoms with Crippen molar-refractivity contribution < 1.29 is 4.79 Å². The van der Waals surface area contributed by atoms with Crippen molar-refractivity contribution in [3.63, 3.8) is 0 Å². The zero-order valence-corrected chi connectivity index (χ0v) is 10.9. The van der Waals surface area contributed by atoms with E-state index in [0.29, 0.717) is 24.1 Å². The number of nitrogens with one attached hydrogen (secondary N) is 2. The van der Waals surface area contributed by atoms with Crippen LogP contribution in [0.25, 0.3) is 0 Å². The number of aromatic nitrogens is 1. The van der Waals surface area contributed by atoms with E-state index in [2.05, 4.69) is 36.4 Å². The van der Waals surface area contributed by atoms with Crippen molar-refractivity contribution in [2.75, 3.05) is 18.9 Å². The lowest BCUT2D eigenvalue weighted by Crippen LogP contribution is -2.30. The van der Waals surface area contributed by atoms with Crippen molar-refractivity contribution in [3.05, 3.63) is 24.0 Å². The average Bonchev–Trinajstić information content (AvgIpc) is 2.35. The van der Waals surface area contributed by atoms with Crippen molar-refractivity contribution in [3.8, 4) is 0 Å². The maximum absolute atomic E-state index is 11.8. The first-order chi connectivity index (χ1) is 8.04. The Hall–Kier alpha value is -1.58. The van der Waals surface area contributed by atoms with Gasteiger partial charge in [-0.25, -0.2) is 0 Å². The minimum atomic E-state index is -0.116. The second kappa shape index (κ2) is 6.23. The van der Waals surface area contributed by atoms with Crippen LogP contribution in [0.4, 0.5) is 5.69 Å². The number of hydrogen-bond acceptors (Lipinski definition) is 3. The van der Waals surface area contributed by atoms with E-state index in [1.807, 2.05) is 13.1 Å². The molecule has 0 saturated heterocycles. The molecule has 4 nitrogen and oxygen atoms in total. The summed E-state index contributed by atoms with van der Waals surface area (Å²) in [6, 6.07) is 3.57. The molecule has 94 valence electrons. The number of nitrogens with zero attached hydrogens (tertiary/aromatic N) is 1. The van der Waals surface area contributed by atoms with Crippen molar-refractivity contribution in [1.82, 2.24) is 10.3 Å². The molecule has 0 saturated carbocycles. The van der Waals surface area contributed by atoms with Crippen LogP contribution in [0.2, 0.25) is 0 Å². The molecule has 17 heavy (non-hydrogen) atoms. The van der Waals surface area contributed by atoms with E-state index in [0.717, 1.165) is 5.69 Å². The van der Waals surface area contributed by atoms with Gasteiger partial charge in [-0.1, -0.05) is 20.8 Å². The molecular weight excluding hydrogens is 214 g/mol. The number of amides is 1. The summed E-state index contributed by atoms with van der Waals surface area (Å²) >= 11 is 0. The fourth-order valence-corrected chi connectivity index (χ4v) is 1.29. The Kier molecular flexibility index (Phi) is 4.94. The summed E-state index contributed by atoms with van der Waals surface area (Å²) in [6.07, 6.45) is 1.63. The van der Waals surface area contributed by atoms with Gasteiger partial charge in [0, 0.05) is 25.5 Å². The number of rotatable bonds is 5. The third-order valence-electron chi connectivity index (χ3n) is 3.00. The number of pyridine rings is 1. The maximum Gasteiger partial charge on any atom is 0.269 e.